The zero-order valence-electron chi connectivity index (χ0n) is 23.2. The fourth-order valence-corrected chi connectivity index (χ4v) is 7.44. The van der Waals surface area contributed by atoms with E-state index in [1.54, 1.807) is 43.5 Å². The molecule has 6 rings (SSSR count). The van der Waals surface area contributed by atoms with Gasteiger partial charge in [-0.05, 0) is 61.4 Å². The molecule has 1 aromatic heterocycles. The third-order valence-corrected chi connectivity index (χ3v) is 9.57. The molecule has 41 heavy (non-hydrogen) atoms. The van der Waals surface area contributed by atoms with Gasteiger partial charge in [0.25, 0.3) is 10.0 Å². The van der Waals surface area contributed by atoms with E-state index in [0.717, 1.165) is 39.2 Å². The summed E-state index contributed by atoms with van der Waals surface area (Å²) in [5.74, 6) is 1.80. The largest absolute Gasteiger partial charge is 0.497 e. The molecule has 0 bridgehead atoms. The van der Waals surface area contributed by atoms with Crippen molar-refractivity contribution in [2.75, 3.05) is 11.4 Å². The minimum Gasteiger partial charge on any atom is -0.497 e. The molecule has 0 saturated carbocycles. The molecule has 2 atom stereocenters. The van der Waals surface area contributed by atoms with Crippen LogP contribution in [0.2, 0.25) is 0 Å². The predicted octanol–water partition coefficient (Wildman–Crippen LogP) is 8.21. The average Bonchev–Trinajstić information content (AvgIpc) is 3.48. The number of rotatable bonds is 7. The van der Waals surface area contributed by atoms with Gasteiger partial charge in [-0.25, -0.2) is 8.42 Å². The van der Waals surface area contributed by atoms with E-state index in [0.29, 0.717) is 17.2 Å². The van der Waals surface area contributed by atoms with Gasteiger partial charge < -0.3 is 9.15 Å². The lowest BCUT2D eigenvalue weighted by Gasteiger charge is -2.33. The maximum absolute atomic E-state index is 14.7. The summed E-state index contributed by atoms with van der Waals surface area (Å²) in [6.45, 7) is 8.47. The van der Waals surface area contributed by atoms with Gasteiger partial charge in [0, 0.05) is 22.6 Å². The number of hydrogen-bond donors (Lipinski definition) is 0. The topological polar surface area (TPSA) is 59.8 Å². The quantitative estimate of drug-likeness (QED) is 0.188. The second-order valence-electron chi connectivity index (χ2n) is 10.3. The molecule has 1 aliphatic rings. The molecular weight excluding hydrogens is 530 g/mol. The highest BCUT2D eigenvalue weighted by molar-refractivity contribution is 7.92. The Labute approximate surface area is 241 Å². The fraction of sp³-hybridized carbons (Fsp3) is 0.143. The van der Waals surface area contributed by atoms with E-state index >= 15 is 0 Å². The molecule has 0 amide bonds. The van der Waals surface area contributed by atoms with Crippen molar-refractivity contribution in [2.45, 2.75) is 30.7 Å². The molecule has 5 aromatic rings. The molecule has 2 unspecified atom stereocenters. The van der Waals surface area contributed by atoms with Crippen molar-refractivity contribution in [2.24, 2.45) is 0 Å². The summed E-state index contributed by atoms with van der Waals surface area (Å²) in [6, 6.07) is 33.3. The summed E-state index contributed by atoms with van der Waals surface area (Å²) in [5.41, 5.74) is 5.95. The zero-order valence-corrected chi connectivity index (χ0v) is 24.1. The van der Waals surface area contributed by atoms with Crippen molar-refractivity contribution in [3.05, 3.63) is 149 Å². The minimum atomic E-state index is -4.05. The summed E-state index contributed by atoms with van der Waals surface area (Å²) in [7, 11) is -2.47. The smallest absolute Gasteiger partial charge is 0.265 e. The monoisotopic (exact) mass is 561 g/mol. The average molecular weight is 562 g/mol. The summed E-state index contributed by atoms with van der Waals surface area (Å²) >= 11 is 0. The first kappa shape index (κ1) is 26.7. The van der Waals surface area contributed by atoms with Crippen LogP contribution in [0.3, 0.4) is 0 Å². The lowest BCUT2D eigenvalue weighted by Crippen LogP contribution is -2.35. The highest BCUT2D eigenvalue weighted by Crippen LogP contribution is 2.57. The fourth-order valence-electron chi connectivity index (χ4n) is 5.81. The van der Waals surface area contributed by atoms with Crippen LogP contribution in [0.4, 0.5) is 5.69 Å². The predicted molar refractivity (Wildman–Crippen MR) is 163 cm³/mol. The number of furan rings is 1. The Morgan fingerprint density at radius 2 is 1.39 bits per heavy atom. The van der Waals surface area contributed by atoms with Gasteiger partial charge in [-0.3, -0.25) is 4.31 Å². The third kappa shape index (κ3) is 4.54. The third-order valence-electron chi connectivity index (χ3n) is 7.76. The number of aryl methyl sites for hydroxylation is 2. The summed E-state index contributed by atoms with van der Waals surface area (Å²) in [6.07, 6.45) is 0. The van der Waals surface area contributed by atoms with Gasteiger partial charge in [-0.2, -0.15) is 0 Å². The summed E-state index contributed by atoms with van der Waals surface area (Å²) < 4.78 is 42.7. The number of fused-ring (bicyclic) bond motifs is 1. The van der Waals surface area contributed by atoms with Crippen molar-refractivity contribution < 1.29 is 17.6 Å². The van der Waals surface area contributed by atoms with Crippen molar-refractivity contribution in [3.63, 3.8) is 0 Å². The van der Waals surface area contributed by atoms with Crippen LogP contribution in [-0.4, -0.2) is 15.5 Å². The van der Waals surface area contributed by atoms with E-state index in [2.05, 4.69) is 18.7 Å². The number of nitrogens with zero attached hydrogens (tertiary/aromatic N) is 1. The molecule has 0 radical (unpaired) electrons. The van der Waals surface area contributed by atoms with Gasteiger partial charge in [0.1, 0.15) is 17.3 Å². The second-order valence-corrected chi connectivity index (χ2v) is 12.1. The number of hydrogen-bond acceptors (Lipinski definition) is 4. The molecule has 0 aliphatic heterocycles. The van der Waals surface area contributed by atoms with E-state index in [9.17, 15) is 8.42 Å². The Morgan fingerprint density at radius 1 is 0.780 bits per heavy atom. The number of methoxy groups -OCH3 is 1. The van der Waals surface area contributed by atoms with Crippen LogP contribution in [0.25, 0.3) is 11.3 Å². The first-order valence-electron chi connectivity index (χ1n) is 13.5. The Hall–Kier alpha value is -4.55. The van der Waals surface area contributed by atoms with E-state index in [1.807, 2.05) is 74.5 Å². The van der Waals surface area contributed by atoms with Crippen LogP contribution in [-0.2, 0) is 10.0 Å². The van der Waals surface area contributed by atoms with E-state index in [1.165, 1.54) is 4.31 Å². The van der Waals surface area contributed by atoms with E-state index in [-0.39, 0.29) is 10.8 Å². The molecule has 6 heteroatoms. The maximum atomic E-state index is 14.7. The minimum absolute atomic E-state index is 0.206. The summed E-state index contributed by atoms with van der Waals surface area (Å²) in [5, 5.41) is 0. The van der Waals surface area contributed by atoms with Crippen molar-refractivity contribution in [1.29, 1.82) is 0 Å². The number of ether oxygens (including phenoxy) is 1. The molecule has 0 fully saturated rings. The Morgan fingerprint density at radius 3 is 2.00 bits per heavy atom. The van der Waals surface area contributed by atoms with Crippen molar-refractivity contribution in [3.8, 4) is 17.1 Å². The molecular formula is C35H31NO4S. The highest BCUT2D eigenvalue weighted by Gasteiger charge is 2.48. The van der Waals surface area contributed by atoms with Crippen LogP contribution in [0.5, 0.6) is 5.75 Å². The first-order chi connectivity index (χ1) is 19.8. The van der Waals surface area contributed by atoms with Gasteiger partial charge in [-0.1, -0.05) is 84.9 Å². The molecule has 4 aromatic carbocycles. The molecule has 5 nitrogen and oxygen atoms in total. The number of sulfonamides is 1. The Balaban J connectivity index is 1.64. The Bertz CT molecular complexity index is 1810. The van der Waals surface area contributed by atoms with Gasteiger partial charge >= 0.3 is 0 Å². The van der Waals surface area contributed by atoms with Gasteiger partial charge in [0.2, 0.25) is 0 Å². The lowest BCUT2D eigenvalue weighted by molar-refractivity contribution is 0.415. The zero-order chi connectivity index (χ0) is 28.7. The van der Waals surface area contributed by atoms with Crippen molar-refractivity contribution >= 4 is 15.7 Å². The Kier molecular flexibility index (Phi) is 6.80. The molecule has 1 aliphatic carbocycles. The van der Waals surface area contributed by atoms with Crippen LogP contribution in [0.15, 0.2) is 131 Å². The second kappa shape index (κ2) is 10.5. The van der Waals surface area contributed by atoms with E-state index in [4.69, 9.17) is 9.15 Å². The van der Waals surface area contributed by atoms with E-state index < -0.39 is 16.1 Å². The summed E-state index contributed by atoms with van der Waals surface area (Å²) in [4.78, 5) is 0.206. The molecule has 1 heterocycles. The van der Waals surface area contributed by atoms with Gasteiger partial charge in [-0.15, -0.1) is 0 Å². The van der Waals surface area contributed by atoms with Crippen LogP contribution in [0.1, 0.15) is 40.0 Å². The standard InChI is InChI=1S/C35H31NO4S/c1-23-15-21-30(22-16-23)41(37,38)36(28-17-19-29(39-4)20-18-28)34-24(2)31(26-11-7-5-8-12-26)32-25(3)40-35(33(32)34)27-13-9-6-10-14-27/h5-22,31,34H,2H2,1,3-4H3. The number of anilines is 1. The number of benzene rings is 4. The SMILES string of the molecule is C=C1C(c2ccccc2)c2c(C)oc(-c3ccccc3)c2C1N(c1ccc(OC)cc1)S(=O)(=O)c1ccc(C)cc1. The van der Waals surface area contributed by atoms with Crippen LogP contribution in [0, 0.1) is 13.8 Å². The van der Waals surface area contributed by atoms with Gasteiger partial charge in [0.15, 0.2) is 0 Å². The normalized spacial score (nSPS) is 16.4. The van der Waals surface area contributed by atoms with Gasteiger partial charge in [0.05, 0.1) is 23.7 Å². The molecule has 0 spiro atoms. The first-order valence-corrected chi connectivity index (χ1v) is 14.9. The van der Waals surface area contributed by atoms with Crippen LogP contribution >= 0.6 is 0 Å². The molecule has 206 valence electrons. The molecule has 0 saturated heterocycles. The van der Waals surface area contributed by atoms with Crippen LogP contribution < -0.4 is 9.04 Å². The van der Waals surface area contributed by atoms with Crippen molar-refractivity contribution in [1.82, 2.24) is 0 Å². The maximum Gasteiger partial charge on any atom is 0.265 e. The lowest BCUT2D eigenvalue weighted by atomic mass is 9.90. The molecule has 0 N–H and O–H groups in total. The highest BCUT2D eigenvalue weighted by atomic mass is 32.2.